The number of benzene rings is 1. The Kier molecular flexibility index (Phi) is 4.51. The van der Waals surface area contributed by atoms with Crippen LogP contribution in [0.2, 0.25) is 0 Å². The number of rotatable bonds is 3. The lowest BCUT2D eigenvalue weighted by Gasteiger charge is -2.32. The molecule has 0 aliphatic carbocycles. The Morgan fingerprint density at radius 1 is 0.962 bits per heavy atom. The third-order valence-corrected chi connectivity index (χ3v) is 5.05. The summed E-state index contributed by atoms with van der Waals surface area (Å²) in [5, 5.41) is 0. The monoisotopic (exact) mass is 351 g/mol. The number of amides is 2. The molecule has 134 valence electrons. The fourth-order valence-corrected chi connectivity index (χ4v) is 3.47. The molecule has 0 radical (unpaired) electrons. The second-order valence-corrected chi connectivity index (χ2v) is 6.65. The summed E-state index contributed by atoms with van der Waals surface area (Å²) in [5.74, 6) is 0.577. The quantitative estimate of drug-likeness (QED) is 0.770. The van der Waals surface area contributed by atoms with E-state index in [9.17, 15) is 9.59 Å². The van der Waals surface area contributed by atoms with E-state index in [0.29, 0.717) is 37.7 Å². The van der Waals surface area contributed by atoms with E-state index in [1.165, 1.54) is 11.1 Å². The zero-order valence-electron chi connectivity index (χ0n) is 14.5. The summed E-state index contributed by atoms with van der Waals surface area (Å²) in [6, 6.07) is 8.42. The smallest absolute Gasteiger partial charge is 0.257 e. The van der Waals surface area contributed by atoms with Crippen LogP contribution in [0.5, 0.6) is 0 Å². The summed E-state index contributed by atoms with van der Waals surface area (Å²) >= 11 is 0. The van der Waals surface area contributed by atoms with Crippen LogP contribution in [0.4, 0.5) is 5.95 Å². The van der Waals surface area contributed by atoms with E-state index in [2.05, 4.69) is 39.1 Å². The van der Waals surface area contributed by atoms with Gasteiger partial charge in [-0.1, -0.05) is 24.3 Å². The number of carbonyl (C=O) groups excluding carboxylic acids is 2. The maximum Gasteiger partial charge on any atom is 0.257 e. The van der Waals surface area contributed by atoms with Crippen LogP contribution in [0.25, 0.3) is 0 Å². The zero-order chi connectivity index (χ0) is 17.9. The van der Waals surface area contributed by atoms with E-state index in [4.69, 9.17) is 0 Å². The number of nitrogens with zero attached hydrogens (tertiary/aromatic N) is 5. The number of piperazine rings is 1. The molecule has 0 unspecified atom stereocenters. The third kappa shape index (κ3) is 3.24. The first-order valence-corrected chi connectivity index (χ1v) is 8.87. The van der Waals surface area contributed by atoms with E-state index in [-0.39, 0.29) is 5.91 Å². The second-order valence-electron chi connectivity index (χ2n) is 6.65. The molecule has 0 bridgehead atoms. The first-order valence-electron chi connectivity index (χ1n) is 8.87. The zero-order valence-corrected chi connectivity index (χ0v) is 14.5. The Morgan fingerprint density at radius 2 is 1.65 bits per heavy atom. The molecule has 2 aliphatic heterocycles. The van der Waals surface area contributed by atoms with Gasteiger partial charge >= 0.3 is 0 Å². The highest BCUT2D eigenvalue weighted by atomic mass is 16.2. The molecule has 0 N–H and O–H groups in total. The highest BCUT2D eigenvalue weighted by Gasteiger charge is 2.23. The molecule has 1 aromatic heterocycles. The van der Waals surface area contributed by atoms with Crippen molar-refractivity contribution in [3.05, 3.63) is 53.3 Å². The molecule has 0 atom stereocenters. The standard InChI is InChI=1S/C19H21N5O2/c25-14-22-7-9-23(10-8-22)18(26)17-11-20-19(21-12-17)24-6-5-15-3-1-2-4-16(15)13-24/h1-4,11-12,14H,5-10,13H2. The van der Waals surface area contributed by atoms with Gasteiger partial charge in [0.05, 0.1) is 5.56 Å². The van der Waals surface area contributed by atoms with Gasteiger partial charge in [0.25, 0.3) is 5.91 Å². The van der Waals surface area contributed by atoms with Gasteiger partial charge in [0.1, 0.15) is 0 Å². The van der Waals surface area contributed by atoms with Crippen molar-refractivity contribution in [2.45, 2.75) is 13.0 Å². The maximum atomic E-state index is 12.6. The van der Waals surface area contributed by atoms with Crippen LogP contribution in [-0.4, -0.2) is 64.8 Å². The number of carbonyl (C=O) groups is 2. The predicted octanol–water partition coefficient (Wildman–Crippen LogP) is 0.953. The summed E-state index contributed by atoms with van der Waals surface area (Å²) in [6.45, 7) is 3.89. The fraction of sp³-hybridized carbons (Fsp3) is 0.368. The lowest BCUT2D eigenvalue weighted by molar-refractivity contribution is -0.119. The molecule has 26 heavy (non-hydrogen) atoms. The number of anilines is 1. The molecule has 2 aliphatic rings. The van der Waals surface area contributed by atoms with Crippen LogP contribution >= 0.6 is 0 Å². The molecular formula is C19H21N5O2. The topological polar surface area (TPSA) is 69.6 Å². The van der Waals surface area contributed by atoms with Crippen LogP contribution in [-0.2, 0) is 17.8 Å². The second kappa shape index (κ2) is 7.11. The molecule has 1 saturated heterocycles. The maximum absolute atomic E-state index is 12.6. The van der Waals surface area contributed by atoms with Gasteiger partial charge in [-0.15, -0.1) is 0 Å². The lowest BCUT2D eigenvalue weighted by Crippen LogP contribution is -2.48. The van der Waals surface area contributed by atoms with E-state index in [0.717, 1.165) is 25.9 Å². The summed E-state index contributed by atoms with van der Waals surface area (Å²) in [6.07, 6.45) is 5.02. The van der Waals surface area contributed by atoms with E-state index in [1.54, 1.807) is 22.2 Å². The normalized spacial score (nSPS) is 17.0. The SMILES string of the molecule is O=CN1CCN(C(=O)c2cnc(N3CCc4ccccc4C3)nc2)CC1. The van der Waals surface area contributed by atoms with Gasteiger partial charge in [-0.2, -0.15) is 0 Å². The van der Waals surface area contributed by atoms with Crippen LogP contribution in [0.15, 0.2) is 36.7 Å². The molecule has 2 amide bonds. The van der Waals surface area contributed by atoms with Crippen LogP contribution in [0.3, 0.4) is 0 Å². The highest BCUT2D eigenvalue weighted by Crippen LogP contribution is 2.21. The minimum absolute atomic E-state index is 0.0777. The first kappa shape index (κ1) is 16.5. The molecule has 1 aromatic carbocycles. The first-order chi connectivity index (χ1) is 12.7. The Morgan fingerprint density at radius 3 is 2.35 bits per heavy atom. The van der Waals surface area contributed by atoms with E-state index < -0.39 is 0 Å². The molecular weight excluding hydrogens is 330 g/mol. The highest BCUT2D eigenvalue weighted by molar-refractivity contribution is 5.93. The summed E-state index contributed by atoms with van der Waals surface area (Å²) < 4.78 is 0. The van der Waals surface area contributed by atoms with Gasteiger partial charge in [0.2, 0.25) is 12.4 Å². The third-order valence-electron chi connectivity index (χ3n) is 5.05. The molecule has 7 nitrogen and oxygen atoms in total. The minimum atomic E-state index is -0.0777. The van der Waals surface area contributed by atoms with Gasteiger partial charge < -0.3 is 14.7 Å². The van der Waals surface area contributed by atoms with Crippen molar-refractivity contribution in [3.8, 4) is 0 Å². The van der Waals surface area contributed by atoms with Crippen LogP contribution < -0.4 is 4.90 Å². The molecule has 7 heteroatoms. The van der Waals surface area contributed by atoms with E-state index >= 15 is 0 Å². The van der Waals surface area contributed by atoms with Crippen molar-refractivity contribution in [2.75, 3.05) is 37.6 Å². The lowest BCUT2D eigenvalue weighted by atomic mass is 10.0. The molecule has 2 aromatic rings. The van der Waals surface area contributed by atoms with Crippen molar-refractivity contribution in [1.29, 1.82) is 0 Å². The van der Waals surface area contributed by atoms with Crippen molar-refractivity contribution in [3.63, 3.8) is 0 Å². The number of aromatic nitrogens is 2. The summed E-state index contributed by atoms with van der Waals surface area (Å²) in [4.78, 5) is 37.7. The van der Waals surface area contributed by atoms with Crippen molar-refractivity contribution >= 4 is 18.3 Å². The Bertz CT molecular complexity index is 800. The average Bonchev–Trinajstić information content (AvgIpc) is 2.73. The van der Waals surface area contributed by atoms with Gasteiger partial charge in [0.15, 0.2) is 0 Å². The predicted molar refractivity (Wildman–Crippen MR) is 96.8 cm³/mol. The van der Waals surface area contributed by atoms with Crippen molar-refractivity contribution in [1.82, 2.24) is 19.8 Å². The molecule has 1 fully saturated rings. The minimum Gasteiger partial charge on any atom is -0.342 e. The fourth-order valence-electron chi connectivity index (χ4n) is 3.47. The molecule has 4 rings (SSSR count). The van der Waals surface area contributed by atoms with Crippen LogP contribution in [0.1, 0.15) is 21.5 Å². The van der Waals surface area contributed by atoms with Crippen LogP contribution in [0, 0.1) is 0 Å². The molecule has 0 spiro atoms. The molecule has 0 saturated carbocycles. The Balaban J connectivity index is 1.43. The Hall–Kier alpha value is -2.96. The van der Waals surface area contributed by atoms with Gasteiger partial charge in [0, 0.05) is 51.7 Å². The molecule has 3 heterocycles. The van der Waals surface area contributed by atoms with Gasteiger partial charge in [-0.25, -0.2) is 9.97 Å². The van der Waals surface area contributed by atoms with Crippen molar-refractivity contribution < 1.29 is 9.59 Å². The number of fused-ring (bicyclic) bond motifs is 1. The summed E-state index contributed by atoms with van der Waals surface area (Å²) in [5.41, 5.74) is 3.17. The number of hydrogen-bond acceptors (Lipinski definition) is 5. The van der Waals surface area contributed by atoms with Gasteiger partial charge in [-0.05, 0) is 17.5 Å². The average molecular weight is 351 g/mol. The number of hydrogen-bond donors (Lipinski definition) is 0. The van der Waals surface area contributed by atoms with Crippen molar-refractivity contribution in [2.24, 2.45) is 0 Å². The van der Waals surface area contributed by atoms with E-state index in [1.807, 2.05) is 0 Å². The Labute approximate surface area is 152 Å². The summed E-state index contributed by atoms with van der Waals surface area (Å²) in [7, 11) is 0. The van der Waals surface area contributed by atoms with Gasteiger partial charge in [-0.3, -0.25) is 9.59 Å². The largest absolute Gasteiger partial charge is 0.342 e.